The van der Waals surface area contributed by atoms with Crippen molar-refractivity contribution in [1.29, 1.82) is 0 Å². The van der Waals surface area contributed by atoms with E-state index < -0.39 is 151 Å². The fourth-order valence-electron chi connectivity index (χ4n) is 14.2. The van der Waals surface area contributed by atoms with Crippen LogP contribution in [-0.2, 0) is 168 Å². The highest BCUT2D eigenvalue weighted by atomic mass is 31.2. The van der Waals surface area contributed by atoms with E-state index in [0.717, 1.165) is 25.7 Å². The number of hydrogen-bond acceptors (Lipinski definition) is 39. The summed E-state index contributed by atoms with van der Waals surface area (Å²) in [5.41, 5.74) is 14.4. The van der Waals surface area contributed by atoms with E-state index in [1.165, 1.54) is 68.7 Å². The summed E-state index contributed by atoms with van der Waals surface area (Å²) in [6.45, 7) is 17.7. The van der Waals surface area contributed by atoms with E-state index in [1.807, 2.05) is 13.8 Å². The van der Waals surface area contributed by atoms with Crippen LogP contribution in [0.3, 0.4) is 0 Å². The second-order valence-electron chi connectivity index (χ2n) is 31.7. The maximum atomic E-state index is 12.9. The van der Waals surface area contributed by atoms with Crippen molar-refractivity contribution in [2.75, 3.05) is 66.1 Å². The highest BCUT2D eigenvalue weighted by Crippen LogP contribution is 2.62. The summed E-state index contributed by atoms with van der Waals surface area (Å²) in [4.78, 5) is 146. The van der Waals surface area contributed by atoms with Crippen LogP contribution in [0.15, 0.2) is 49.1 Å². The number of carbonyl (C=O) groups is 12. The molecule has 0 spiro atoms. The van der Waals surface area contributed by atoms with Gasteiger partial charge < -0.3 is 55.1 Å². The number of terminal acetylenes is 1. The van der Waals surface area contributed by atoms with Crippen LogP contribution < -0.4 is 17.2 Å². The molecule has 0 aromatic heterocycles. The van der Waals surface area contributed by atoms with E-state index in [4.69, 9.17) is 116 Å². The van der Waals surface area contributed by atoms with Gasteiger partial charge in [0.2, 0.25) is 23.6 Å². The summed E-state index contributed by atoms with van der Waals surface area (Å²) < 4.78 is 160. The van der Waals surface area contributed by atoms with Crippen LogP contribution in [0.4, 0.5) is 0 Å². The fraction of sp³-hybridized carbons (Fsp3) is 0.711. The van der Waals surface area contributed by atoms with Gasteiger partial charge in [0.25, 0.3) is 0 Å². The molecule has 0 aromatic rings. The van der Waals surface area contributed by atoms with Crippen LogP contribution in [0.25, 0.3) is 0 Å². The summed E-state index contributed by atoms with van der Waals surface area (Å²) in [7, 11) is -15.7. The topological polar surface area (TPSA) is 549 Å². The monoisotopic (exact) mass is 1820 g/mol. The van der Waals surface area contributed by atoms with Crippen LogP contribution in [0.1, 0.15) is 172 Å². The fourth-order valence-corrected chi connectivity index (χ4v) is 20.2. The number of carbonyl (C=O) groups excluding carboxylic acids is 12. The van der Waals surface area contributed by atoms with Crippen LogP contribution in [-0.4, -0.2) is 259 Å². The number of fused-ring (bicyclic) bond motifs is 4. The largest absolute Gasteiger partial charge is 0.475 e. The van der Waals surface area contributed by atoms with Crippen molar-refractivity contribution in [3.63, 3.8) is 0 Å². The molecule has 12 rings (SSSR count). The van der Waals surface area contributed by atoms with Crippen molar-refractivity contribution in [2.24, 2.45) is 22.6 Å². The van der Waals surface area contributed by atoms with Crippen LogP contribution >= 0.6 is 31.3 Å². The van der Waals surface area contributed by atoms with Crippen LogP contribution in [0.5, 0.6) is 0 Å². The van der Waals surface area contributed by atoms with Crippen molar-refractivity contribution < 1.29 is 168 Å². The van der Waals surface area contributed by atoms with Crippen molar-refractivity contribution in [2.45, 2.75) is 275 Å². The second kappa shape index (κ2) is 43.3. The van der Waals surface area contributed by atoms with Gasteiger partial charge in [-0.3, -0.25) is 131 Å². The van der Waals surface area contributed by atoms with E-state index in [1.54, 1.807) is 55.4 Å². The Kier molecular flexibility index (Phi) is 35.1. The Morgan fingerprint density at radius 1 is 0.415 bits per heavy atom. The van der Waals surface area contributed by atoms with Gasteiger partial charge in [0.15, 0.2) is 48.0 Å². The van der Waals surface area contributed by atoms with Gasteiger partial charge in [0.05, 0.1) is 121 Å². The lowest BCUT2D eigenvalue weighted by molar-refractivity contribution is -0.149. The average Bonchev–Trinajstić information content (AvgIpc) is 1.62. The maximum absolute atomic E-state index is 12.9. The molecule has 20 atom stereocenters. The van der Waals surface area contributed by atoms with Crippen molar-refractivity contribution in [3.05, 3.63) is 49.1 Å². The third kappa shape index (κ3) is 26.0. The van der Waals surface area contributed by atoms with E-state index in [9.17, 15) is 75.8 Å². The predicted octanol–water partition coefficient (Wildman–Crippen LogP) is 5.77. The standard InChI is InChI=1S/C20H26NO9P.2C19H29N2O9P.C18H27N2O9P/c1-5-20(4)18-15(29-19(20)21-9-8-14(22)11-16(21)23)12-27-31(25,30-18)26-10-6-7-17(24)28-13(2)3;2*1-3-4-9-26-16(24)6-5-10-27-31(25)28-12-14-17(30-31)19(2,20)18(29-14)21-8-7-13(22)11-15(21)23;1-11(2)27-15(23)5-4-8-25-30(24)26-10-13-16(29-30)18(3,19)17(28-13)20-7-6-12(21)9-14(20)22/h1,8-9,13,15,18-19H,6-7,10-12H2,2-4H3;2*7-8,14,17-18H,3-6,9-12,20H2,1-2H3;6-7,11,13,16-17H,4-5,8-10,19H2,1-3H3/t15-,18-,19-,20-,31-;14-,17-,18-,19-,31+;14-,17-,18-,19-,31-;13-,16-,17-,18-,30+/m1111/s1. The zero-order valence-electron chi connectivity index (χ0n) is 70.2. The zero-order valence-corrected chi connectivity index (χ0v) is 73.7. The molecule has 0 unspecified atom stereocenters. The number of nitrogens with zero attached hydrogens (tertiary/aromatic N) is 4. The maximum Gasteiger partial charge on any atom is 0.475 e. The molecule has 686 valence electrons. The number of esters is 4. The van der Waals surface area contributed by atoms with Crippen molar-refractivity contribution in [3.8, 4) is 12.3 Å². The minimum absolute atomic E-state index is 0.0292. The Morgan fingerprint density at radius 3 is 0.927 bits per heavy atom. The molecule has 47 heteroatoms. The molecule has 0 saturated carbocycles. The van der Waals surface area contributed by atoms with Gasteiger partial charge in [-0.05, 0) is 118 Å². The molecular weight excluding hydrogens is 1710 g/mol. The SMILES string of the molecule is C#C[C@]1(C)[C@@H]2O[P@](=O)(OCCCC(=O)OC(C)C)OC[C@H]2O[C@H]1N1C=CC(=O)CC1=O.CC(C)OC(=O)CCCO[P@@]1(=O)OC[C@H]2O[C@@H](N3C=CC(=O)CC3=O)[C@](C)(N)[C@@H]2O1.CCCCOC(=O)CCCO[P@@]1(=O)OC[C@H]2O[C@@H](N3C=CC(=O)CC3=O)[C@](C)(N)[C@@H]2O1.CCCCOC(=O)CCCO[P@]1(=O)OC[C@H]2O[C@@H](N3C=CC(=O)CC3=O)[C@](C)(N)[C@@H]2O1. The van der Waals surface area contributed by atoms with Gasteiger partial charge in [-0.25, -0.2) is 18.3 Å². The number of unbranched alkanes of at least 4 members (excludes halogenated alkanes) is 2. The lowest BCUT2D eigenvalue weighted by atomic mass is 9.82. The molecule has 8 fully saturated rings. The van der Waals surface area contributed by atoms with E-state index in [-0.39, 0.29) is 189 Å². The van der Waals surface area contributed by atoms with E-state index in [0.29, 0.717) is 13.2 Å². The summed E-state index contributed by atoms with van der Waals surface area (Å²) in [5, 5.41) is 0. The van der Waals surface area contributed by atoms with Gasteiger partial charge in [0.1, 0.15) is 54.2 Å². The molecule has 0 radical (unpaired) electrons. The van der Waals surface area contributed by atoms with Gasteiger partial charge >= 0.3 is 55.2 Å². The number of phosphoric acid groups is 4. The zero-order chi connectivity index (χ0) is 90.2. The summed E-state index contributed by atoms with van der Waals surface area (Å²) in [6.07, 6.45) is 9.83. The first-order valence-electron chi connectivity index (χ1n) is 40.5. The Labute approximate surface area is 711 Å². The normalized spacial score (nSPS) is 35.5. The summed E-state index contributed by atoms with van der Waals surface area (Å²) in [6, 6.07) is 0. The highest BCUT2D eigenvalue weighted by Gasteiger charge is 2.65. The van der Waals surface area contributed by atoms with Crippen molar-refractivity contribution in [1.82, 2.24) is 19.6 Å². The number of ketones is 4. The highest BCUT2D eigenvalue weighted by molar-refractivity contribution is 7.49. The first-order chi connectivity index (χ1) is 57.9. The number of rotatable bonds is 32. The van der Waals surface area contributed by atoms with Gasteiger partial charge in [-0.2, -0.15) is 0 Å². The first kappa shape index (κ1) is 99.9. The van der Waals surface area contributed by atoms with E-state index in [2.05, 4.69) is 5.92 Å². The van der Waals surface area contributed by atoms with Crippen molar-refractivity contribution >= 4 is 102 Å². The Morgan fingerprint density at radius 2 is 0.667 bits per heavy atom. The summed E-state index contributed by atoms with van der Waals surface area (Å²) >= 11 is 0. The molecule has 123 heavy (non-hydrogen) atoms. The minimum atomic E-state index is -3.96. The molecule has 4 amide bonds. The Balaban J connectivity index is 0.000000186. The molecule has 12 aliphatic rings. The lowest BCUT2D eigenvalue weighted by Gasteiger charge is -2.38. The molecule has 8 saturated heterocycles. The molecular formula is C76H111N7O36P4. The molecule has 12 heterocycles. The molecule has 43 nitrogen and oxygen atoms in total. The van der Waals surface area contributed by atoms with Gasteiger partial charge in [-0.1, -0.05) is 32.6 Å². The number of allylic oxidation sites excluding steroid dienone is 4. The van der Waals surface area contributed by atoms with Gasteiger partial charge in [0, 0.05) is 50.5 Å². The Bertz CT molecular complexity index is 4130. The number of amides is 4. The average molecular weight is 1820 g/mol. The van der Waals surface area contributed by atoms with Crippen LogP contribution in [0.2, 0.25) is 0 Å². The quantitative estimate of drug-likeness (QED) is 0.0180. The van der Waals surface area contributed by atoms with Gasteiger partial charge in [-0.15, -0.1) is 6.42 Å². The Hall–Kier alpha value is -6.88. The number of hydrogen-bond donors (Lipinski definition) is 3. The number of ether oxygens (including phenoxy) is 8. The predicted molar refractivity (Wildman–Crippen MR) is 420 cm³/mol. The lowest BCUT2D eigenvalue weighted by Crippen LogP contribution is -2.60. The minimum Gasteiger partial charge on any atom is -0.466 e. The molecule has 0 bridgehead atoms. The van der Waals surface area contributed by atoms with Crippen LogP contribution in [0, 0.1) is 17.8 Å². The number of phosphoric ester groups is 4. The third-order valence-corrected chi connectivity index (χ3v) is 26.3. The molecule has 12 aliphatic heterocycles. The third-order valence-electron chi connectivity index (χ3n) is 20.5. The second-order valence-corrected chi connectivity index (χ2v) is 38.2. The molecule has 0 aliphatic carbocycles. The first-order valence-corrected chi connectivity index (χ1v) is 46.3. The number of nitrogens with two attached hydrogens (primary N) is 3. The summed E-state index contributed by atoms with van der Waals surface area (Å²) in [5.74, 6) is -1.87. The smallest absolute Gasteiger partial charge is 0.466 e. The molecule has 6 N–H and O–H groups in total. The molecule has 0 aromatic carbocycles. The van der Waals surface area contributed by atoms with E-state index >= 15 is 0 Å².